The van der Waals surface area contributed by atoms with E-state index in [-0.39, 0.29) is 12.4 Å². The molecule has 20 heavy (non-hydrogen) atoms. The number of hydrogen-bond donors (Lipinski definition) is 1. The van der Waals surface area contributed by atoms with Crippen molar-refractivity contribution in [2.75, 3.05) is 20.1 Å². The molecule has 1 aliphatic carbocycles. The minimum absolute atomic E-state index is 0. The molecule has 4 heteroatoms. The summed E-state index contributed by atoms with van der Waals surface area (Å²) in [6, 6.07) is 0.418. The van der Waals surface area contributed by atoms with Gasteiger partial charge in [0.2, 0.25) is 5.91 Å². The second-order valence-corrected chi connectivity index (χ2v) is 7.63. The molecule has 2 fully saturated rings. The van der Waals surface area contributed by atoms with Gasteiger partial charge < -0.3 is 10.2 Å². The summed E-state index contributed by atoms with van der Waals surface area (Å²) in [5.74, 6) is 1.70. The van der Waals surface area contributed by atoms with Gasteiger partial charge in [-0.15, -0.1) is 12.4 Å². The Morgan fingerprint density at radius 3 is 2.60 bits per heavy atom. The van der Waals surface area contributed by atoms with Crippen molar-refractivity contribution in [3.8, 4) is 0 Å². The van der Waals surface area contributed by atoms with Crippen LogP contribution in [0.2, 0.25) is 0 Å². The lowest BCUT2D eigenvalue weighted by molar-refractivity contribution is -0.133. The summed E-state index contributed by atoms with van der Waals surface area (Å²) >= 11 is 0. The fourth-order valence-corrected chi connectivity index (χ4v) is 4.26. The van der Waals surface area contributed by atoms with Crippen molar-refractivity contribution >= 4 is 18.3 Å². The molecule has 118 valence electrons. The summed E-state index contributed by atoms with van der Waals surface area (Å²) < 4.78 is 0. The van der Waals surface area contributed by atoms with E-state index in [4.69, 9.17) is 0 Å². The maximum Gasteiger partial charge on any atom is 0.222 e. The maximum absolute atomic E-state index is 12.4. The summed E-state index contributed by atoms with van der Waals surface area (Å²) in [5, 5.41) is 3.34. The van der Waals surface area contributed by atoms with Gasteiger partial charge in [-0.25, -0.2) is 0 Å². The molecule has 3 nitrogen and oxygen atoms in total. The second kappa shape index (κ2) is 7.13. The molecule has 0 spiro atoms. The van der Waals surface area contributed by atoms with Crippen molar-refractivity contribution in [3.05, 3.63) is 0 Å². The molecule has 0 aromatic heterocycles. The molecule has 0 aromatic rings. The highest BCUT2D eigenvalue weighted by Crippen LogP contribution is 2.42. The lowest BCUT2D eigenvalue weighted by atomic mass is 9.67. The molecule has 1 saturated carbocycles. The van der Waals surface area contributed by atoms with Crippen LogP contribution < -0.4 is 5.32 Å². The highest BCUT2D eigenvalue weighted by molar-refractivity contribution is 5.85. The lowest BCUT2D eigenvalue weighted by Gasteiger charge is -2.39. The average Bonchev–Trinajstić information content (AvgIpc) is 2.78. The largest absolute Gasteiger partial charge is 0.341 e. The summed E-state index contributed by atoms with van der Waals surface area (Å²) in [7, 11) is 1.98. The number of rotatable bonds is 3. The second-order valence-electron chi connectivity index (χ2n) is 7.63. The summed E-state index contributed by atoms with van der Waals surface area (Å²) in [5.41, 5.74) is 0.413. The number of nitrogens with one attached hydrogen (secondary N) is 1. The normalized spacial score (nSPS) is 32.5. The van der Waals surface area contributed by atoms with Crippen LogP contribution in [0.4, 0.5) is 0 Å². The van der Waals surface area contributed by atoms with E-state index in [0.717, 1.165) is 31.8 Å². The van der Waals surface area contributed by atoms with Crippen LogP contribution in [0.1, 0.15) is 52.9 Å². The Labute approximate surface area is 130 Å². The van der Waals surface area contributed by atoms with E-state index in [1.807, 2.05) is 11.9 Å². The molecule has 0 aromatic carbocycles. The first-order valence-electron chi connectivity index (χ1n) is 7.84. The molecule has 0 radical (unpaired) electrons. The molecule has 3 unspecified atom stereocenters. The van der Waals surface area contributed by atoms with E-state index in [0.29, 0.717) is 23.3 Å². The standard InChI is InChI=1S/C16H30N2O.ClH/c1-12-7-13(10-16(2,3)9-12)8-15(19)18(4)14-5-6-17-11-14;/h12-14,17H,5-11H2,1-4H3;1H. The van der Waals surface area contributed by atoms with Gasteiger partial charge in [0.05, 0.1) is 0 Å². The molecule has 2 rings (SSSR count). The first-order chi connectivity index (χ1) is 8.87. The zero-order valence-corrected chi connectivity index (χ0v) is 14.3. The zero-order valence-electron chi connectivity index (χ0n) is 13.4. The Morgan fingerprint density at radius 1 is 1.35 bits per heavy atom. The Kier molecular flexibility index (Phi) is 6.33. The monoisotopic (exact) mass is 302 g/mol. The van der Waals surface area contributed by atoms with Crippen LogP contribution in [-0.2, 0) is 4.79 Å². The third-order valence-corrected chi connectivity index (χ3v) is 4.92. The minimum atomic E-state index is 0. The van der Waals surface area contributed by atoms with Gasteiger partial charge in [0.25, 0.3) is 0 Å². The van der Waals surface area contributed by atoms with Crippen molar-refractivity contribution in [2.24, 2.45) is 17.3 Å². The minimum Gasteiger partial charge on any atom is -0.341 e. The third-order valence-electron chi connectivity index (χ3n) is 4.92. The Bertz CT molecular complexity index is 326. The van der Waals surface area contributed by atoms with E-state index in [1.54, 1.807) is 0 Å². The van der Waals surface area contributed by atoms with Gasteiger partial charge in [0.15, 0.2) is 0 Å². The molecular formula is C16H31ClN2O. The maximum atomic E-state index is 12.4. The Morgan fingerprint density at radius 2 is 2.05 bits per heavy atom. The van der Waals surface area contributed by atoms with Crippen LogP contribution in [0.25, 0.3) is 0 Å². The number of halogens is 1. The van der Waals surface area contributed by atoms with Gasteiger partial charge in [0, 0.05) is 26.1 Å². The number of carbonyl (C=O) groups is 1. The quantitative estimate of drug-likeness (QED) is 0.869. The van der Waals surface area contributed by atoms with Crippen LogP contribution >= 0.6 is 12.4 Å². The van der Waals surface area contributed by atoms with Crippen LogP contribution in [0, 0.1) is 17.3 Å². The van der Waals surface area contributed by atoms with Gasteiger partial charge in [0.1, 0.15) is 0 Å². The molecule has 0 bridgehead atoms. The predicted octanol–water partition coefficient (Wildman–Crippen LogP) is 3.08. The summed E-state index contributed by atoms with van der Waals surface area (Å²) in [6.07, 6.45) is 5.60. The first kappa shape index (κ1) is 17.8. The van der Waals surface area contributed by atoms with Gasteiger partial charge >= 0.3 is 0 Å². The van der Waals surface area contributed by atoms with Crippen molar-refractivity contribution in [3.63, 3.8) is 0 Å². The van der Waals surface area contributed by atoms with E-state index in [9.17, 15) is 4.79 Å². The number of hydrogen-bond acceptors (Lipinski definition) is 2. The molecule has 3 atom stereocenters. The fraction of sp³-hybridized carbons (Fsp3) is 0.938. The van der Waals surface area contributed by atoms with E-state index in [1.165, 1.54) is 19.3 Å². The molecule has 1 N–H and O–H groups in total. The first-order valence-corrected chi connectivity index (χ1v) is 7.84. The van der Waals surface area contributed by atoms with Crippen LogP contribution in [0.3, 0.4) is 0 Å². The van der Waals surface area contributed by atoms with Crippen molar-refractivity contribution in [1.82, 2.24) is 10.2 Å². The van der Waals surface area contributed by atoms with Crippen LogP contribution in [0.15, 0.2) is 0 Å². The topological polar surface area (TPSA) is 32.3 Å². The highest BCUT2D eigenvalue weighted by Gasteiger charge is 2.34. The van der Waals surface area contributed by atoms with E-state index < -0.39 is 0 Å². The molecule has 1 heterocycles. The molecule has 1 amide bonds. The fourth-order valence-electron chi connectivity index (χ4n) is 4.26. The van der Waals surface area contributed by atoms with Crippen molar-refractivity contribution < 1.29 is 4.79 Å². The smallest absolute Gasteiger partial charge is 0.222 e. The summed E-state index contributed by atoms with van der Waals surface area (Å²) in [4.78, 5) is 14.4. The number of amides is 1. The number of likely N-dealkylation sites (N-methyl/N-ethyl adjacent to an activating group) is 1. The van der Waals surface area contributed by atoms with E-state index in [2.05, 4.69) is 26.1 Å². The number of nitrogens with zero attached hydrogens (tertiary/aromatic N) is 1. The summed E-state index contributed by atoms with van der Waals surface area (Å²) in [6.45, 7) is 9.06. The number of carbonyl (C=O) groups excluding carboxylic acids is 1. The molecule has 1 aliphatic heterocycles. The molecule has 2 aliphatic rings. The van der Waals surface area contributed by atoms with Crippen molar-refractivity contribution in [1.29, 1.82) is 0 Å². The predicted molar refractivity (Wildman–Crippen MR) is 86.2 cm³/mol. The van der Waals surface area contributed by atoms with Crippen molar-refractivity contribution in [2.45, 2.75) is 58.9 Å². The Hall–Kier alpha value is -0.280. The highest BCUT2D eigenvalue weighted by atomic mass is 35.5. The van der Waals surface area contributed by atoms with Crippen LogP contribution in [0.5, 0.6) is 0 Å². The van der Waals surface area contributed by atoms with Crippen LogP contribution in [-0.4, -0.2) is 37.0 Å². The Balaban J connectivity index is 0.00000200. The van der Waals surface area contributed by atoms with Gasteiger partial charge in [-0.2, -0.15) is 0 Å². The van der Waals surface area contributed by atoms with Gasteiger partial charge in [-0.05, 0) is 49.5 Å². The van der Waals surface area contributed by atoms with Gasteiger partial charge in [-0.3, -0.25) is 4.79 Å². The lowest BCUT2D eigenvalue weighted by Crippen LogP contribution is -2.40. The van der Waals surface area contributed by atoms with Gasteiger partial charge in [-0.1, -0.05) is 20.8 Å². The molecular weight excluding hydrogens is 272 g/mol. The SMILES string of the molecule is CC1CC(CC(=O)N(C)C2CCNC2)CC(C)(C)C1.Cl. The average molecular weight is 303 g/mol. The third kappa shape index (κ3) is 4.63. The molecule has 1 saturated heterocycles. The zero-order chi connectivity index (χ0) is 14.0. The van der Waals surface area contributed by atoms with E-state index >= 15 is 0 Å².